The summed E-state index contributed by atoms with van der Waals surface area (Å²) in [6, 6.07) is 10.2. The third kappa shape index (κ3) is 3.89. The first-order chi connectivity index (χ1) is 12.9. The van der Waals surface area contributed by atoms with Crippen molar-refractivity contribution in [2.45, 2.75) is 4.90 Å². The summed E-state index contributed by atoms with van der Waals surface area (Å²) in [7, 11) is -3.02. The summed E-state index contributed by atoms with van der Waals surface area (Å²) in [6.45, 7) is 0. The highest BCUT2D eigenvalue weighted by Gasteiger charge is 2.25. The van der Waals surface area contributed by atoms with Crippen molar-refractivity contribution in [2.75, 3.05) is 7.11 Å². The topological polar surface area (TPSA) is 119 Å². The van der Waals surface area contributed by atoms with Gasteiger partial charge in [-0.2, -0.15) is 0 Å². The van der Waals surface area contributed by atoms with E-state index in [-0.39, 0.29) is 15.5 Å². The Balaban J connectivity index is 1.78. The van der Waals surface area contributed by atoms with Crippen LogP contribution in [0.5, 0.6) is 0 Å². The van der Waals surface area contributed by atoms with Crippen LogP contribution in [0.4, 0.5) is 0 Å². The maximum absolute atomic E-state index is 12.4. The van der Waals surface area contributed by atoms with E-state index in [4.69, 9.17) is 0 Å². The first-order valence-corrected chi connectivity index (χ1v) is 9.86. The predicted octanol–water partition coefficient (Wildman–Crippen LogP) is 1.34. The van der Waals surface area contributed by atoms with Gasteiger partial charge in [0, 0.05) is 5.69 Å². The number of sulfonamides is 1. The lowest BCUT2D eigenvalue weighted by Gasteiger charge is -2.10. The normalized spacial score (nSPS) is 11.1. The van der Waals surface area contributed by atoms with E-state index in [9.17, 15) is 18.0 Å². The number of methoxy groups -OCH3 is 1. The number of aromatic nitrogens is 2. The first kappa shape index (κ1) is 18.8. The van der Waals surface area contributed by atoms with Gasteiger partial charge in [-0.3, -0.25) is 14.8 Å². The average molecular weight is 406 g/mol. The van der Waals surface area contributed by atoms with E-state index < -0.39 is 21.9 Å². The third-order valence-electron chi connectivity index (χ3n) is 3.49. The molecule has 0 radical (unpaired) electrons. The van der Waals surface area contributed by atoms with Crippen molar-refractivity contribution in [3.8, 4) is 5.69 Å². The van der Waals surface area contributed by atoms with Crippen LogP contribution in [0.15, 0.2) is 59.2 Å². The molecular formula is C16H14N4O5S2. The van der Waals surface area contributed by atoms with Gasteiger partial charge in [-0.05, 0) is 23.6 Å². The minimum absolute atomic E-state index is 0.0893. The van der Waals surface area contributed by atoms with Crippen LogP contribution in [0.1, 0.15) is 20.2 Å². The number of carbonyl (C=O) groups is 2. The summed E-state index contributed by atoms with van der Waals surface area (Å²) in [5, 5.41) is 1.44. The van der Waals surface area contributed by atoms with E-state index in [2.05, 4.69) is 15.1 Å². The molecule has 9 nitrogen and oxygen atoms in total. The molecule has 2 aromatic heterocycles. The maximum Gasteiger partial charge on any atom is 0.349 e. The highest BCUT2D eigenvalue weighted by atomic mass is 32.2. The second-order valence-electron chi connectivity index (χ2n) is 5.15. The van der Waals surface area contributed by atoms with Gasteiger partial charge >= 0.3 is 5.97 Å². The largest absolute Gasteiger partial charge is 0.465 e. The molecule has 0 saturated carbocycles. The van der Waals surface area contributed by atoms with Crippen molar-refractivity contribution in [3.05, 3.63) is 64.9 Å². The molecule has 11 heteroatoms. The Morgan fingerprint density at radius 2 is 1.93 bits per heavy atom. The Hall–Kier alpha value is -3.02. The van der Waals surface area contributed by atoms with E-state index >= 15 is 0 Å². The van der Waals surface area contributed by atoms with Gasteiger partial charge in [0.25, 0.3) is 15.9 Å². The number of amides is 1. The molecule has 0 bridgehead atoms. The van der Waals surface area contributed by atoms with Crippen molar-refractivity contribution in [2.24, 2.45) is 0 Å². The zero-order chi connectivity index (χ0) is 19.4. The molecule has 3 aromatic rings. The first-order valence-electron chi connectivity index (χ1n) is 7.50. The monoisotopic (exact) mass is 406 g/mol. The number of hydrazine groups is 1. The standard InChI is InChI=1S/C16H14N4O5S2/c1-25-16(22)14-13(7-8-26-14)27(23,24)19-18-15(21)12-9-17-10-20(12)11-5-3-2-4-6-11/h2-10,19H,1H3,(H,18,21). The Morgan fingerprint density at radius 1 is 1.19 bits per heavy atom. The molecule has 27 heavy (non-hydrogen) atoms. The van der Waals surface area contributed by atoms with Crippen molar-refractivity contribution in [3.63, 3.8) is 0 Å². The van der Waals surface area contributed by atoms with Crippen LogP contribution in [0.3, 0.4) is 0 Å². The molecule has 3 rings (SSSR count). The van der Waals surface area contributed by atoms with Gasteiger partial charge in [0.15, 0.2) is 0 Å². The predicted molar refractivity (Wildman–Crippen MR) is 97.0 cm³/mol. The third-order valence-corrected chi connectivity index (χ3v) is 5.81. The quantitative estimate of drug-likeness (QED) is 0.471. The number of hydrogen-bond donors (Lipinski definition) is 2. The second-order valence-corrected chi connectivity index (χ2v) is 7.72. The van der Waals surface area contributed by atoms with Crippen molar-refractivity contribution >= 4 is 33.2 Å². The van der Waals surface area contributed by atoms with Gasteiger partial charge in [-0.15, -0.1) is 16.2 Å². The van der Waals surface area contributed by atoms with Crippen LogP contribution in [-0.4, -0.2) is 37.0 Å². The summed E-state index contributed by atoms with van der Waals surface area (Å²) in [4.78, 5) is 29.6. The molecule has 0 fully saturated rings. The number of rotatable bonds is 6. The highest BCUT2D eigenvalue weighted by Crippen LogP contribution is 2.22. The number of nitrogens with zero attached hydrogens (tertiary/aromatic N) is 2. The molecule has 0 saturated heterocycles. The molecule has 0 aliphatic rings. The van der Waals surface area contributed by atoms with Gasteiger partial charge in [-0.1, -0.05) is 18.2 Å². The summed E-state index contributed by atoms with van der Waals surface area (Å²) >= 11 is 0.920. The number of benzene rings is 1. The molecule has 1 amide bonds. The number of imidazole rings is 1. The van der Waals surface area contributed by atoms with Gasteiger partial charge in [0.2, 0.25) is 0 Å². The van der Waals surface area contributed by atoms with Crippen LogP contribution in [-0.2, 0) is 14.8 Å². The van der Waals surface area contributed by atoms with Gasteiger partial charge in [-0.25, -0.2) is 18.2 Å². The van der Waals surface area contributed by atoms with E-state index in [1.807, 2.05) is 10.9 Å². The van der Waals surface area contributed by atoms with Crippen LogP contribution in [0.2, 0.25) is 0 Å². The molecule has 0 spiro atoms. The van der Waals surface area contributed by atoms with Crippen molar-refractivity contribution in [1.29, 1.82) is 0 Å². The lowest BCUT2D eigenvalue weighted by atomic mass is 10.3. The van der Waals surface area contributed by atoms with Gasteiger partial charge in [0.1, 0.15) is 15.5 Å². The van der Waals surface area contributed by atoms with Gasteiger partial charge < -0.3 is 4.74 Å². The highest BCUT2D eigenvalue weighted by molar-refractivity contribution is 7.89. The molecular weight excluding hydrogens is 392 g/mol. The SMILES string of the molecule is COC(=O)c1sccc1S(=O)(=O)NNC(=O)c1cncn1-c1ccccc1. The number of ether oxygens (including phenoxy) is 1. The number of esters is 1. The summed E-state index contributed by atoms with van der Waals surface area (Å²) in [6.07, 6.45) is 2.74. The maximum atomic E-state index is 12.4. The van der Waals surface area contributed by atoms with E-state index in [1.165, 1.54) is 28.5 Å². The van der Waals surface area contributed by atoms with Crippen LogP contribution < -0.4 is 10.3 Å². The zero-order valence-corrected chi connectivity index (χ0v) is 15.6. The molecule has 0 unspecified atom stereocenters. The number of thiophene rings is 1. The molecule has 2 N–H and O–H groups in total. The molecule has 0 atom stereocenters. The lowest BCUT2D eigenvalue weighted by Crippen LogP contribution is -2.42. The minimum atomic E-state index is -4.17. The minimum Gasteiger partial charge on any atom is -0.465 e. The fourth-order valence-electron chi connectivity index (χ4n) is 2.24. The molecule has 0 aliphatic carbocycles. The van der Waals surface area contributed by atoms with Gasteiger partial charge in [0.05, 0.1) is 19.6 Å². The van der Waals surface area contributed by atoms with E-state index in [1.54, 1.807) is 24.3 Å². The molecule has 1 aromatic carbocycles. The molecule has 0 aliphatic heterocycles. The number of carbonyl (C=O) groups excluding carboxylic acids is 2. The van der Waals surface area contributed by atoms with E-state index in [0.717, 1.165) is 18.4 Å². The van der Waals surface area contributed by atoms with E-state index in [0.29, 0.717) is 5.69 Å². The zero-order valence-electron chi connectivity index (χ0n) is 13.9. The van der Waals surface area contributed by atoms with Crippen LogP contribution >= 0.6 is 11.3 Å². The lowest BCUT2D eigenvalue weighted by molar-refractivity contribution is 0.0602. The average Bonchev–Trinajstić information content (AvgIpc) is 3.36. The fraction of sp³-hybridized carbons (Fsp3) is 0.0625. The molecule has 2 heterocycles. The smallest absolute Gasteiger partial charge is 0.349 e. The Kier molecular flexibility index (Phi) is 5.35. The summed E-state index contributed by atoms with van der Waals surface area (Å²) in [5.41, 5.74) is 2.94. The Bertz CT molecular complexity index is 1070. The summed E-state index contributed by atoms with van der Waals surface area (Å²) in [5.74, 6) is -1.49. The Labute approximate surface area is 158 Å². The second kappa shape index (κ2) is 7.70. The fourth-order valence-corrected chi connectivity index (χ4v) is 4.42. The van der Waals surface area contributed by atoms with Crippen LogP contribution in [0, 0.1) is 0 Å². The molecule has 140 valence electrons. The number of hydrogen-bond acceptors (Lipinski definition) is 7. The van der Waals surface area contributed by atoms with Crippen LogP contribution in [0.25, 0.3) is 5.69 Å². The van der Waals surface area contributed by atoms with Crippen molar-refractivity contribution < 1.29 is 22.7 Å². The van der Waals surface area contributed by atoms with Crippen molar-refractivity contribution in [1.82, 2.24) is 19.8 Å². The number of nitrogens with one attached hydrogen (secondary N) is 2. The number of para-hydroxylation sites is 1. The summed E-state index contributed by atoms with van der Waals surface area (Å²) < 4.78 is 30.9. The Morgan fingerprint density at radius 3 is 2.63 bits per heavy atom.